The number of unbranched alkanes of at least 4 members (excludes halogenated alkanes) is 11. The lowest BCUT2D eigenvalue weighted by molar-refractivity contribution is -0.812. The van der Waals surface area contributed by atoms with Gasteiger partial charge in [0.15, 0.2) is 0 Å². The first-order chi connectivity index (χ1) is 11.5. The summed E-state index contributed by atoms with van der Waals surface area (Å²) in [4.78, 5) is 12.0. The van der Waals surface area contributed by atoms with E-state index in [1.54, 1.807) is 0 Å². The molecular weight excluding hydrogens is 374 g/mol. The maximum atomic E-state index is 12.0. The fraction of sp³-hybridized carbons (Fsp3) is 0.864. The third kappa shape index (κ3) is 17.0. The summed E-state index contributed by atoms with van der Waals surface area (Å²) in [5, 5.41) is 0. The Balaban J connectivity index is 0. The third-order valence-electron chi connectivity index (χ3n) is 5.12. The van der Waals surface area contributed by atoms with Gasteiger partial charge in [0.25, 0.3) is 0 Å². The number of nitrogens with zero attached hydrogens (tertiary/aromatic N) is 1. The Morgan fingerprint density at radius 1 is 0.720 bits per heavy atom. The highest BCUT2D eigenvalue weighted by atomic mass is 79.9. The number of hydrogen-bond acceptors (Lipinski definition) is 1. The van der Waals surface area contributed by atoms with Crippen molar-refractivity contribution in [1.82, 2.24) is 0 Å². The standard InChI is InChI=1S/C22H44NO.BrH/c1-5-7-8-9-10-11-12-13-14-15-16-17-18-19-20-21-22(24)23(3,4)6-2;/h13-14H,5-12,15-21H2,1-4H3;1H/q+1;/p-1. The summed E-state index contributed by atoms with van der Waals surface area (Å²) >= 11 is 0. The average molecular weight is 419 g/mol. The van der Waals surface area contributed by atoms with Crippen molar-refractivity contribution in [3.8, 4) is 0 Å². The minimum absolute atomic E-state index is 0. The van der Waals surface area contributed by atoms with Crippen molar-refractivity contribution >= 4 is 5.91 Å². The summed E-state index contributed by atoms with van der Waals surface area (Å²) in [7, 11) is 4.03. The molecule has 0 aliphatic rings. The molecule has 0 saturated heterocycles. The van der Waals surface area contributed by atoms with Crippen LogP contribution in [0.3, 0.4) is 0 Å². The molecule has 2 nitrogen and oxygen atoms in total. The summed E-state index contributed by atoms with van der Waals surface area (Å²) < 4.78 is 0.531. The van der Waals surface area contributed by atoms with E-state index in [1.165, 1.54) is 77.0 Å². The number of hydrogen-bond donors (Lipinski definition) is 0. The fourth-order valence-corrected chi connectivity index (χ4v) is 2.83. The summed E-state index contributed by atoms with van der Waals surface area (Å²) in [6.45, 7) is 5.25. The second-order valence-corrected chi connectivity index (χ2v) is 7.73. The number of carbonyl (C=O) groups is 1. The van der Waals surface area contributed by atoms with E-state index in [-0.39, 0.29) is 17.0 Å². The van der Waals surface area contributed by atoms with Crippen molar-refractivity contribution in [2.45, 2.75) is 104 Å². The molecule has 0 saturated carbocycles. The highest BCUT2D eigenvalue weighted by molar-refractivity contribution is 5.68. The number of halogens is 1. The highest BCUT2D eigenvalue weighted by Crippen LogP contribution is 2.11. The van der Waals surface area contributed by atoms with Crippen LogP contribution in [0.1, 0.15) is 104 Å². The number of rotatable bonds is 16. The lowest BCUT2D eigenvalue weighted by atomic mass is 10.1. The van der Waals surface area contributed by atoms with Gasteiger partial charge >= 0.3 is 5.91 Å². The fourth-order valence-electron chi connectivity index (χ4n) is 2.83. The van der Waals surface area contributed by atoms with E-state index < -0.39 is 0 Å². The average Bonchev–Trinajstić information content (AvgIpc) is 2.58. The molecule has 0 aliphatic heterocycles. The summed E-state index contributed by atoms with van der Waals surface area (Å²) in [6, 6.07) is 0. The molecule has 0 bridgehead atoms. The van der Waals surface area contributed by atoms with Crippen LogP contribution >= 0.6 is 0 Å². The van der Waals surface area contributed by atoms with Gasteiger partial charge in [0.1, 0.15) is 0 Å². The van der Waals surface area contributed by atoms with E-state index in [0.717, 1.165) is 19.4 Å². The Labute approximate surface area is 168 Å². The van der Waals surface area contributed by atoms with Crippen molar-refractivity contribution < 1.29 is 26.3 Å². The minimum Gasteiger partial charge on any atom is -1.00 e. The summed E-state index contributed by atoms with van der Waals surface area (Å²) in [5.41, 5.74) is 0. The van der Waals surface area contributed by atoms with Gasteiger partial charge in [-0.1, -0.05) is 70.4 Å². The molecule has 0 radical (unpaired) electrons. The Morgan fingerprint density at radius 2 is 1.16 bits per heavy atom. The molecule has 0 rings (SSSR count). The van der Waals surface area contributed by atoms with Crippen LogP contribution in [0.2, 0.25) is 0 Å². The largest absolute Gasteiger partial charge is 1.00 e. The highest BCUT2D eigenvalue weighted by Gasteiger charge is 2.22. The van der Waals surface area contributed by atoms with Crippen LogP contribution in [-0.2, 0) is 4.79 Å². The first-order valence-corrected chi connectivity index (χ1v) is 10.6. The van der Waals surface area contributed by atoms with Gasteiger partial charge in [-0.25, -0.2) is 4.79 Å². The minimum atomic E-state index is 0. The molecule has 0 aromatic rings. The molecule has 0 heterocycles. The molecule has 1 amide bonds. The Hall–Kier alpha value is -0.150. The second kappa shape index (κ2) is 18.6. The predicted octanol–water partition coefficient (Wildman–Crippen LogP) is 3.65. The van der Waals surface area contributed by atoms with Gasteiger partial charge in [-0.15, -0.1) is 0 Å². The van der Waals surface area contributed by atoms with E-state index in [4.69, 9.17) is 0 Å². The number of allylic oxidation sites excluding steroid dienone is 2. The van der Waals surface area contributed by atoms with E-state index in [0.29, 0.717) is 10.4 Å². The normalized spacial score (nSPS) is 11.7. The van der Waals surface area contributed by atoms with Crippen molar-refractivity contribution in [1.29, 1.82) is 0 Å². The Morgan fingerprint density at radius 3 is 1.64 bits per heavy atom. The molecule has 0 fully saturated rings. The number of amides is 1. The van der Waals surface area contributed by atoms with Gasteiger partial charge in [0.05, 0.1) is 27.1 Å². The van der Waals surface area contributed by atoms with Gasteiger partial charge in [-0.3, -0.25) is 4.48 Å². The van der Waals surface area contributed by atoms with E-state index in [1.807, 2.05) is 14.1 Å². The van der Waals surface area contributed by atoms with Crippen molar-refractivity contribution in [2.24, 2.45) is 0 Å². The van der Waals surface area contributed by atoms with Crippen LogP contribution in [0.25, 0.3) is 0 Å². The van der Waals surface area contributed by atoms with Crippen LogP contribution < -0.4 is 17.0 Å². The van der Waals surface area contributed by atoms with E-state index in [9.17, 15) is 4.79 Å². The van der Waals surface area contributed by atoms with Crippen molar-refractivity contribution in [2.75, 3.05) is 20.6 Å². The quantitative estimate of drug-likeness (QED) is 0.212. The van der Waals surface area contributed by atoms with Gasteiger partial charge < -0.3 is 17.0 Å². The maximum Gasteiger partial charge on any atom is 0.313 e. The van der Waals surface area contributed by atoms with Gasteiger partial charge in [0.2, 0.25) is 0 Å². The molecule has 0 aromatic carbocycles. The molecule has 150 valence electrons. The van der Waals surface area contributed by atoms with Crippen LogP contribution in [-0.4, -0.2) is 31.0 Å². The molecule has 0 aromatic heterocycles. The molecule has 25 heavy (non-hydrogen) atoms. The zero-order valence-corrected chi connectivity index (χ0v) is 19.1. The molecule has 0 spiro atoms. The van der Waals surface area contributed by atoms with Crippen molar-refractivity contribution in [3.05, 3.63) is 12.2 Å². The molecule has 0 N–H and O–H groups in total. The molecule has 0 unspecified atom stereocenters. The third-order valence-corrected chi connectivity index (χ3v) is 5.12. The summed E-state index contributed by atoms with van der Waals surface area (Å²) in [6.07, 6.45) is 22.5. The molecule has 0 aliphatic carbocycles. The van der Waals surface area contributed by atoms with Crippen molar-refractivity contribution in [3.63, 3.8) is 0 Å². The SMILES string of the molecule is CCCCCCCCC=CCCCCCCCC(=O)[N+](C)(C)CC.[Br-]. The first kappa shape index (κ1) is 27.1. The predicted molar refractivity (Wildman–Crippen MR) is 107 cm³/mol. The topological polar surface area (TPSA) is 17.1 Å². The first-order valence-electron chi connectivity index (χ1n) is 10.6. The number of quaternary nitrogens is 1. The lowest BCUT2D eigenvalue weighted by Gasteiger charge is -2.24. The van der Waals surface area contributed by atoms with Gasteiger partial charge in [-0.2, -0.15) is 0 Å². The van der Waals surface area contributed by atoms with E-state index >= 15 is 0 Å². The van der Waals surface area contributed by atoms with Crippen LogP contribution in [0, 0.1) is 0 Å². The molecular formula is C22H44BrNO. The zero-order valence-electron chi connectivity index (χ0n) is 17.5. The Kier molecular flexibility index (Phi) is 20.2. The second-order valence-electron chi connectivity index (χ2n) is 7.73. The monoisotopic (exact) mass is 417 g/mol. The molecule has 0 atom stereocenters. The van der Waals surface area contributed by atoms with Crippen LogP contribution in [0.15, 0.2) is 12.2 Å². The summed E-state index contributed by atoms with van der Waals surface area (Å²) in [5.74, 6) is 0.384. The van der Waals surface area contributed by atoms with E-state index in [2.05, 4.69) is 26.0 Å². The van der Waals surface area contributed by atoms with Crippen LogP contribution in [0.5, 0.6) is 0 Å². The van der Waals surface area contributed by atoms with Gasteiger partial charge in [-0.05, 0) is 39.0 Å². The number of carbonyl (C=O) groups excluding carboxylic acids is 1. The van der Waals surface area contributed by atoms with Crippen LogP contribution in [0.4, 0.5) is 0 Å². The zero-order chi connectivity index (χ0) is 18.1. The van der Waals surface area contributed by atoms with Gasteiger partial charge in [0, 0.05) is 0 Å². The Bertz CT molecular complexity index is 326. The maximum absolute atomic E-state index is 12.0. The lowest BCUT2D eigenvalue weighted by Crippen LogP contribution is -3.00. The smallest absolute Gasteiger partial charge is 0.313 e. The molecule has 3 heteroatoms.